The van der Waals surface area contributed by atoms with Gasteiger partial charge in [-0.05, 0) is 37.5 Å². The molecule has 28 heavy (non-hydrogen) atoms. The Morgan fingerprint density at radius 3 is 2.82 bits per heavy atom. The molecule has 1 aromatic carbocycles. The number of anilines is 3. The van der Waals surface area contributed by atoms with E-state index in [-0.39, 0.29) is 24.4 Å². The van der Waals surface area contributed by atoms with Gasteiger partial charge in [-0.1, -0.05) is 31.0 Å². The van der Waals surface area contributed by atoms with Crippen LogP contribution < -0.4 is 15.5 Å². The first-order valence-corrected chi connectivity index (χ1v) is 9.75. The monoisotopic (exact) mass is 423 g/mol. The van der Waals surface area contributed by atoms with Gasteiger partial charge >= 0.3 is 0 Å². The van der Waals surface area contributed by atoms with Crippen LogP contribution in [-0.4, -0.2) is 35.0 Å². The van der Waals surface area contributed by atoms with Gasteiger partial charge in [0, 0.05) is 48.5 Å². The number of hydrogen-bond acceptors (Lipinski definition) is 5. The number of carbonyl (C=O) groups excluding carboxylic acids is 1. The maximum atomic E-state index is 11.3. The van der Waals surface area contributed by atoms with E-state index < -0.39 is 0 Å². The van der Waals surface area contributed by atoms with Crippen LogP contribution in [-0.2, 0) is 11.2 Å². The molecule has 8 heteroatoms. The van der Waals surface area contributed by atoms with Crippen molar-refractivity contribution < 1.29 is 4.79 Å². The number of hydrogen-bond donors (Lipinski definition) is 2. The summed E-state index contributed by atoms with van der Waals surface area (Å²) in [6.45, 7) is 7.34. The van der Waals surface area contributed by atoms with Crippen LogP contribution >= 0.6 is 24.0 Å². The van der Waals surface area contributed by atoms with Gasteiger partial charge in [-0.15, -0.1) is 12.4 Å². The molecule has 1 fully saturated rings. The van der Waals surface area contributed by atoms with Crippen LogP contribution in [0.4, 0.5) is 17.5 Å². The second-order valence-electron chi connectivity index (χ2n) is 7.01. The topological polar surface area (TPSA) is 70.2 Å². The van der Waals surface area contributed by atoms with Gasteiger partial charge in [0.25, 0.3) is 0 Å². The van der Waals surface area contributed by atoms with Crippen molar-refractivity contribution in [2.24, 2.45) is 0 Å². The zero-order valence-electron chi connectivity index (χ0n) is 16.5. The molecule has 152 valence electrons. The number of nitrogens with one attached hydrogen (secondary N) is 2. The number of aryl methyl sites for hydroxylation is 2. The maximum Gasteiger partial charge on any atom is 0.229 e. The third-order valence-corrected chi connectivity index (χ3v) is 4.87. The van der Waals surface area contributed by atoms with Crippen LogP contribution in [0.5, 0.6) is 0 Å². The number of nitrogens with zero attached hydrogens (tertiary/aromatic N) is 3. The number of halogens is 2. The van der Waals surface area contributed by atoms with Crippen LogP contribution in [0, 0.1) is 6.92 Å². The van der Waals surface area contributed by atoms with Crippen LogP contribution in [0.2, 0.25) is 5.02 Å². The molecule has 1 aliphatic heterocycles. The Balaban J connectivity index is 0.00000280. The maximum absolute atomic E-state index is 11.3. The molecule has 2 N–H and O–H groups in total. The summed E-state index contributed by atoms with van der Waals surface area (Å²) in [5.41, 5.74) is 2.99. The Morgan fingerprint density at radius 2 is 2.11 bits per heavy atom. The molecular weight excluding hydrogens is 397 g/mol. The summed E-state index contributed by atoms with van der Waals surface area (Å²) < 4.78 is 0. The standard InChI is InChI=1S/C20H26ClN5O.ClH/c1-4-5-16-11-19(26-9-8-17(12-26)22-14(3)27)25-20(23-16)24-18-10-15(21)7-6-13(18)2;/h6-7,10-11,17H,4-5,8-9,12H2,1-3H3,(H,22,27)(H,23,24,25);1H/t17-;/m0./s1. The van der Waals surface area contributed by atoms with Gasteiger partial charge in [0.15, 0.2) is 0 Å². The molecule has 2 heterocycles. The molecule has 0 aliphatic carbocycles. The summed E-state index contributed by atoms with van der Waals surface area (Å²) in [7, 11) is 0. The largest absolute Gasteiger partial charge is 0.354 e. The number of rotatable bonds is 6. The number of aromatic nitrogens is 2. The molecule has 6 nitrogen and oxygen atoms in total. The minimum Gasteiger partial charge on any atom is -0.354 e. The molecule has 1 saturated heterocycles. The summed E-state index contributed by atoms with van der Waals surface area (Å²) in [5.74, 6) is 1.47. The minimum atomic E-state index is 0. The molecule has 1 atom stereocenters. The van der Waals surface area contributed by atoms with Gasteiger partial charge in [0.05, 0.1) is 0 Å². The lowest BCUT2D eigenvalue weighted by Crippen LogP contribution is -2.35. The summed E-state index contributed by atoms with van der Waals surface area (Å²) in [4.78, 5) is 22.9. The second kappa shape index (κ2) is 9.94. The molecule has 0 spiro atoms. The van der Waals surface area contributed by atoms with Crippen molar-refractivity contribution >= 4 is 47.4 Å². The predicted octanol–water partition coefficient (Wildman–Crippen LogP) is 4.27. The SMILES string of the molecule is CCCc1cc(N2CC[C@H](NC(C)=O)C2)nc(Nc2cc(Cl)ccc2C)n1.Cl. The van der Waals surface area contributed by atoms with Crippen molar-refractivity contribution in [2.45, 2.75) is 46.1 Å². The van der Waals surface area contributed by atoms with Crippen LogP contribution in [0.1, 0.15) is 37.9 Å². The highest BCUT2D eigenvalue weighted by atomic mass is 35.5. The lowest BCUT2D eigenvalue weighted by molar-refractivity contribution is -0.119. The third-order valence-electron chi connectivity index (χ3n) is 4.64. The third kappa shape index (κ3) is 5.72. The molecule has 1 aliphatic rings. The Morgan fingerprint density at radius 1 is 1.32 bits per heavy atom. The minimum absolute atomic E-state index is 0. The van der Waals surface area contributed by atoms with E-state index in [1.54, 1.807) is 6.92 Å². The van der Waals surface area contributed by atoms with Gasteiger partial charge in [-0.25, -0.2) is 4.98 Å². The highest BCUT2D eigenvalue weighted by Crippen LogP contribution is 2.26. The highest BCUT2D eigenvalue weighted by molar-refractivity contribution is 6.30. The summed E-state index contributed by atoms with van der Waals surface area (Å²) in [6, 6.07) is 7.94. The quantitative estimate of drug-likeness (QED) is 0.725. The molecule has 0 saturated carbocycles. The zero-order valence-corrected chi connectivity index (χ0v) is 18.0. The van der Waals surface area contributed by atoms with Crippen molar-refractivity contribution in [3.05, 3.63) is 40.5 Å². The van der Waals surface area contributed by atoms with E-state index in [2.05, 4.69) is 33.5 Å². The predicted molar refractivity (Wildman–Crippen MR) is 117 cm³/mol. The molecule has 0 bridgehead atoms. The smallest absolute Gasteiger partial charge is 0.229 e. The van der Waals surface area contributed by atoms with Gasteiger partial charge < -0.3 is 15.5 Å². The van der Waals surface area contributed by atoms with Gasteiger partial charge in [-0.3, -0.25) is 4.79 Å². The van der Waals surface area contributed by atoms with Crippen LogP contribution in [0.15, 0.2) is 24.3 Å². The molecule has 0 unspecified atom stereocenters. The van der Waals surface area contributed by atoms with Gasteiger partial charge in [-0.2, -0.15) is 4.98 Å². The average molecular weight is 424 g/mol. The normalized spacial score (nSPS) is 15.9. The Hall–Kier alpha value is -2.05. The number of benzene rings is 1. The van der Waals surface area contributed by atoms with E-state index >= 15 is 0 Å². The van der Waals surface area contributed by atoms with Crippen molar-refractivity contribution in [2.75, 3.05) is 23.3 Å². The lowest BCUT2D eigenvalue weighted by Gasteiger charge is -2.20. The van der Waals surface area contributed by atoms with Crippen molar-refractivity contribution in [3.8, 4) is 0 Å². The van der Waals surface area contributed by atoms with Crippen LogP contribution in [0.25, 0.3) is 0 Å². The molecule has 1 amide bonds. The molecule has 0 radical (unpaired) electrons. The van der Waals surface area contributed by atoms with E-state index in [0.29, 0.717) is 11.0 Å². The van der Waals surface area contributed by atoms with E-state index in [4.69, 9.17) is 16.6 Å². The molecule has 3 rings (SSSR count). The van der Waals surface area contributed by atoms with Gasteiger partial charge in [0.1, 0.15) is 5.82 Å². The fraction of sp³-hybridized carbons (Fsp3) is 0.450. The van der Waals surface area contributed by atoms with E-state index in [1.165, 1.54) is 0 Å². The fourth-order valence-electron chi connectivity index (χ4n) is 3.31. The highest BCUT2D eigenvalue weighted by Gasteiger charge is 2.24. The first-order valence-electron chi connectivity index (χ1n) is 9.37. The fourth-order valence-corrected chi connectivity index (χ4v) is 3.48. The Kier molecular flexibility index (Phi) is 7.89. The first kappa shape index (κ1) is 22.2. The molecule has 1 aromatic heterocycles. The summed E-state index contributed by atoms with van der Waals surface area (Å²) >= 11 is 6.13. The Bertz CT molecular complexity index is 830. The second-order valence-corrected chi connectivity index (χ2v) is 7.44. The summed E-state index contributed by atoms with van der Waals surface area (Å²) in [5, 5.41) is 6.98. The number of amides is 1. The summed E-state index contributed by atoms with van der Waals surface area (Å²) in [6.07, 6.45) is 2.82. The average Bonchev–Trinajstić information content (AvgIpc) is 3.06. The van der Waals surface area contributed by atoms with E-state index in [9.17, 15) is 4.79 Å². The van der Waals surface area contributed by atoms with E-state index in [1.807, 2.05) is 25.1 Å². The van der Waals surface area contributed by atoms with E-state index in [0.717, 1.165) is 55.1 Å². The number of carbonyl (C=O) groups is 1. The van der Waals surface area contributed by atoms with Crippen molar-refractivity contribution in [3.63, 3.8) is 0 Å². The van der Waals surface area contributed by atoms with Crippen molar-refractivity contribution in [1.29, 1.82) is 0 Å². The molecular formula is C20H27Cl2N5O. The zero-order chi connectivity index (χ0) is 19.4. The van der Waals surface area contributed by atoms with Gasteiger partial charge in [0.2, 0.25) is 11.9 Å². The first-order chi connectivity index (χ1) is 12.9. The van der Waals surface area contributed by atoms with Crippen molar-refractivity contribution in [1.82, 2.24) is 15.3 Å². The van der Waals surface area contributed by atoms with Crippen LogP contribution in [0.3, 0.4) is 0 Å². The lowest BCUT2D eigenvalue weighted by atomic mass is 10.2. The molecule has 2 aromatic rings. The Labute approximate surface area is 177 Å².